The van der Waals surface area contributed by atoms with Crippen LogP contribution in [0.3, 0.4) is 0 Å². The van der Waals surface area contributed by atoms with E-state index in [9.17, 15) is 19.5 Å². The average molecular weight is 665 g/mol. The Balaban J connectivity index is 1.49. The first-order chi connectivity index (χ1) is 22.0. The average Bonchev–Trinajstić information content (AvgIpc) is 3.40. The van der Waals surface area contributed by atoms with E-state index < -0.39 is 58.4 Å². The normalized spacial score (nSPS) is 28.5. The lowest BCUT2D eigenvalue weighted by Crippen LogP contribution is -2.53. The highest BCUT2D eigenvalue weighted by atomic mass is 35.5. The Bertz CT molecular complexity index is 1870. The van der Waals surface area contributed by atoms with Crippen LogP contribution in [0.15, 0.2) is 72.3 Å². The summed E-state index contributed by atoms with van der Waals surface area (Å²) in [7, 11) is 2.94. The Kier molecular flexibility index (Phi) is 7.13. The van der Waals surface area contributed by atoms with Crippen LogP contribution in [0.25, 0.3) is 0 Å². The van der Waals surface area contributed by atoms with Crippen molar-refractivity contribution in [3.8, 4) is 11.5 Å². The van der Waals surface area contributed by atoms with Crippen molar-refractivity contribution in [3.63, 3.8) is 0 Å². The Morgan fingerprint density at radius 2 is 1.72 bits per heavy atom. The number of phenols is 1. The molecule has 12 heteroatoms. The molecule has 2 heterocycles. The molecule has 0 unspecified atom stereocenters. The second kappa shape index (κ2) is 10.8. The number of allylic oxidation sites excluding steroid dienone is 2. The number of nitrogens with zero attached hydrogens (tertiary/aromatic N) is 2. The molecule has 0 aromatic heterocycles. The molecule has 236 valence electrons. The number of nitrogens with one attached hydrogen (secondary N) is 1. The molecule has 0 radical (unpaired) electrons. The van der Waals surface area contributed by atoms with E-state index in [0.717, 1.165) is 16.0 Å². The summed E-state index contributed by atoms with van der Waals surface area (Å²) in [5, 5.41) is 12.7. The third kappa shape index (κ3) is 4.12. The summed E-state index contributed by atoms with van der Waals surface area (Å²) in [6, 6.07) is 15.3. The predicted octanol–water partition coefficient (Wildman–Crippen LogP) is 5.46. The molecule has 3 aromatic carbocycles. The van der Waals surface area contributed by atoms with E-state index in [1.54, 1.807) is 30.3 Å². The molecule has 4 amide bonds. The fourth-order valence-corrected chi connectivity index (χ4v) is 8.56. The largest absolute Gasteiger partial charge is 0.505 e. The van der Waals surface area contributed by atoms with Crippen LogP contribution in [0.2, 0.25) is 10.0 Å². The van der Waals surface area contributed by atoms with E-state index in [-0.39, 0.29) is 40.9 Å². The molecule has 3 aromatic rings. The van der Waals surface area contributed by atoms with Crippen LogP contribution < -0.4 is 10.2 Å². The van der Waals surface area contributed by atoms with E-state index in [1.807, 2.05) is 6.08 Å². The van der Waals surface area contributed by atoms with Crippen molar-refractivity contribution in [3.05, 3.63) is 99.3 Å². The van der Waals surface area contributed by atoms with Gasteiger partial charge in [0.25, 0.3) is 11.8 Å². The zero-order valence-electron chi connectivity index (χ0n) is 24.7. The van der Waals surface area contributed by atoms with E-state index in [4.69, 9.17) is 27.9 Å². The van der Waals surface area contributed by atoms with Crippen LogP contribution in [-0.4, -0.2) is 52.8 Å². The van der Waals surface area contributed by atoms with Crippen LogP contribution in [0.1, 0.15) is 29.9 Å². The number of aromatic hydroxyl groups is 1. The van der Waals surface area contributed by atoms with E-state index in [2.05, 4.69) is 5.43 Å². The molecule has 6 atom stereocenters. The van der Waals surface area contributed by atoms with Gasteiger partial charge in [0.1, 0.15) is 5.75 Å². The second-order valence-electron chi connectivity index (χ2n) is 12.1. The van der Waals surface area contributed by atoms with Gasteiger partial charge in [-0.3, -0.25) is 29.5 Å². The SMILES string of the molecule is COc1ccc([C@@]23C(=O)N(Nc4ccc(Cl)cc4Cl)C(=O)[C@@H]2C[C@@H]2C(=CC[C@@H]4C(=O)N(C)C(=O)[C@@H]42)[C@@H]3c2cccc(F)c2O)cc1. The van der Waals surface area contributed by atoms with Gasteiger partial charge in [0, 0.05) is 23.6 Å². The van der Waals surface area contributed by atoms with Gasteiger partial charge in [-0.15, -0.1) is 0 Å². The van der Waals surface area contributed by atoms with Gasteiger partial charge in [-0.25, -0.2) is 4.39 Å². The first kappa shape index (κ1) is 30.3. The topological polar surface area (TPSA) is 116 Å². The number of likely N-dealkylation sites (tertiary alicyclic amines) is 1. The van der Waals surface area contributed by atoms with Crippen LogP contribution in [0, 0.1) is 29.5 Å². The smallest absolute Gasteiger partial charge is 0.260 e. The van der Waals surface area contributed by atoms with Crippen LogP contribution in [0.5, 0.6) is 11.5 Å². The molecule has 0 bridgehead atoms. The van der Waals surface area contributed by atoms with Crippen molar-refractivity contribution in [2.75, 3.05) is 19.6 Å². The summed E-state index contributed by atoms with van der Waals surface area (Å²) in [6.07, 6.45) is 2.10. The number of benzene rings is 3. The number of rotatable bonds is 5. The summed E-state index contributed by atoms with van der Waals surface area (Å²) < 4.78 is 20.5. The molecular formula is C34H28Cl2FN3O6. The van der Waals surface area contributed by atoms with Crippen molar-refractivity contribution >= 4 is 52.5 Å². The zero-order valence-corrected chi connectivity index (χ0v) is 26.2. The Morgan fingerprint density at radius 3 is 2.41 bits per heavy atom. The summed E-state index contributed by atoms with van der Waals surface area (Å²) in [5.74, 6) is -7.21. The molecule has 4 aliphatic rings. The number of ether oxygens (including phenoxy) is 1. The number of para-hydroxylation sites is 1. The molecule has 1 saturated carbocycles. The number of phenolic OH excluding ortho intramolecular Hbond substituents is 1. The van der Waals surface area contributed by atoms with Crippen molar-refractivity contribution in [2.24, 2.45) is 23.7 Å². The van der Waals surface area contributed by atoms with E-state index >= 15 is 9.18 Å². The Hall–Kier alpha value is -4.41. The number of anilines is 1. The number of methoxy groups -OCH3 is 1. The lowest BCUT2D eigenvalue weighted by molar-refractivity contribution is -0.140. The molecule has 2 aliphatic heterocycles. The highest BCUT2D eigenvalue weighted by Crippen LogP contribution is 2.65. The summed E-state index contributed by atoms with van der Waals surface area (Å²) >= 11 is 12.5. The second-order valence-corrected chi connectivity index (χ2v) is 13.0. The molecule has 7 rings (SSSR count). The van der Waals surface area contributed by atoms with E-state index in [1.165, 1.54) is 38.4 Å². The highest BCUT2D eigenvalue weighted by Gasteiger charge is 2.70. The number of carbonyl (C=O) groups is 4. The van der Waals surface area contributed by atoms with Gasteiger partial charge in [0.05, 0.1) is 41.0 Å². The van der Waals surface area contributed by atoms with Crippen molar-refractivity contribution in [1.29, 1.82) is 0 Å². The maximum Gasteiger partial charge on any atom is 0.260 e. The van der Waals surface area contributed by atoms with Gasteiger partial charge in [0.15, 0.2) is 11.6 Å². The molecule has 9 nitrogen and oxygen atoms in total. The molecule has 0 spiro atoms. The zero-order chi connectivity index (χ0) is 32.7. The molecule has 2 aliphatic carbocycles. The minimum absolute atomic E-state index is 0.0512. The van der Waals surface area contributed by atoms with Gasteiger partial charge in [0.2, 0.25) is 11.8 Å². The minimum Gasteiger partial charge on any atom is -0.505 e. The number of hydrazine groups is 1. The van der Waals surface area contributed by atoms with Gasteiger partial charge in [-0.1, -0.05) is 59.1 Å². The number of hydrogen-bond donors (Lipinski definition) is 2. The van der Waals surface area contributed by atoms with Gasteiger partial charge >= 0.3 is 0 Å². The summed E-state index contributed by atoms with van der Waals surface area (Å²) in [6.45, 7) is 0. The van der Waals surface area contributed by atoms with Crippen molar-refractivity contribution < 1.29 is 33.4 Å². The van der Waals surface area contributed by atoms with Gasteiger partial charge in [-0.05, 0) is 60.7 Å². The molecule has 3 fully saturated rings. The summed E-state index contributed by atoms with van der Waals surface area (Å²) in [4.78, 5) is 57.4. The van der Waals surface area contributed by atoms with Crippen LogP contribution in [0.4, 0.5) is 10.1 Å². The monoisotopic (exact) mass is 663 g/mol. The number of carbonyl (C=O) groups excluding carboxylic acids is 4. The van der Waals surface area contributed by atoms with Gasteiger partial charge in [-0.2, -0.15) is 5.01 Å². The molecule has 2 N–H and O–H groups in total. The third-order valence-corrected chi connectivity index (χ3v) is 10.7. The summed E-state index contributed by atoms with van der Waals surface area (Å²) in [5.41, 5.74) is 2.56. The first-order valence-electron chi connectivity index (χ1n) is 14.7. The maximum absolute atomic E-state index is 15.1. The first-order valence-corrected chi connectivity index (χ1v) is 15.5. The standard InChI is InChI=1S/C34H28Cl2FN3O6/c1-39-30(42)20-12-11-19-22(27(20)32(39)44)15-23-31(43)40(38-26-13-8-17(35)14-24(26)36)33(45)34(23,16-6-9-18(46-2)10-7-16)28(19)21-4-3-5-25(37)29(21)41/h3-11,13-14,20,22-23,27-28,38,41H,12,15H2,1-2H3/t20-,22+,23-,27-,28+,34+/m0/s1. The lowest BCUT2D eigenvalue weighted by Gasteiger charge is -2.50. The fraction of sp³-hybridized carbons (Fsp3) is 0.294. The Morgan fingerprint density at radius 1 is 0.978 bits per heavy atom. The lowest BCUT2D eigenvalue weighted by atomic mass is 9.49. The number of hydrogen-bond acceptors (Lipinski definition) is 7. The Labute approximate surface area is 273 Å². The quantitative estimate of drug-likeness (QED) is 0.275. The van der Waals surface area contributed by atoms with Gasteiger partial charge < -0.3 is 9.84 Å². The third-order valence-electron chi connectivity index (χ3n) is 10.1. The molecule has 2 saturated heterocycles. The van der Waals surface area contributed by atoms with Crippen LogP contribution in [-0.2, 0) is 24.6 Å². The fourth-order valence-electron chi connectivity index (χ4n) is 8.11. The minimum atomic E-state index is -1.70. The maximum atomic E-state index is 15.1. The predicted molar refractivity (Wildman–Crippen MR) is 166 cm³/mol. The molecule has 46 heavy (non-hydrogen) atoms. The van der Waals surface area contributed by atoms with E-state index in [0.29, 0.717) is 21.9 Å². The van der Waals surface area contributed by atoms with Crippen LogP contribution >= 0.6 is 23.2 Å². The molecular weight excluding hydrogens is 636 g/mol. The van der Waals surface area contributed by atoms with Crippen molar-refractivity contribution in [1.82, 2.24) is 9.91 Å². The number of halogens is 3. The number of imide groups is 2. The number of fused-ring (bicyclic) bond motifs is 4. The highest BCUT2D eigenvalue weighted by molar-refractivity contribution is 6.36. The number of amides is 4. The van der Waals surface area contributed by atoms with Crippen molar-refractivity contribution in [2.45, 2.75) is 24.2 Å².